The van der Waals surface area contributed by atoms with E-state index in [1.54, 1.807) is 0 Å². The molecule has 10 heteroatoms. The average molecular weight is 373 g/mol. The lowest BCUT2D eigenvalue weighted by atomic mass is 10.4. The number of aromatic nitrogens is 3. The second kappa shape index (κ2) is 8.79. The fourth-order valence-corrected chi connectivity index (χ4v) is 3.06. The van der Waals surface area contributed by atoms with Gasteiger partial charge in [-0.05, 0) is 0 Å². The summed E-state index contributed by atoms with van der Waals surface area (Å²) >= 11 is 0. The summed E-state index contributed by atoms with van der Waals surface area (Å²) in [7, 11) is 0. The topological polar surface area (TPSA) is 76.1 Å². The molecule has 0 amide bonds. The van der Waals surface area contributed by atoms with Crippen molar-refractivity contribution >= 4 is 30.3 Å². The molecule has 0 saturated carbocycles. The van der Waals surface area contributed by atoms with Gasteiger partial charge in [-0.2, -0.15) is 15.0 Å². The molecule has 0 bridgehead atoms. The van der Waals surface area contributed by atoms with Gasteiger partial charge in [0.1, 0.15) is 0 Å². The van der Waals surface area contributed by atoms with Gasteiger partial charge in [0.25, 0.3) is 0 Å². The maximum Gasteiger partial charge on any atom is 0.232 e. The average Bonchev–Trinajstić information content (AvgIpc) is 2.70. The van der Waals surface area contributed by atoms with Gasteiger partial charge in [-0.15, -0.1) is 12.4 Å². The van der Waals surface area contributed by atoms with Crippen molar-refractivity contribution in [1.82, 2.24) is 15.0 Å². The number of ether oxygens (including phenoxy) is 3. The Labute approximate surface area is 153 Å². The van der Waals surface area contributed by atoms with Crippen LogP contribution in [0.5, 0.6) is 0 Å². The minimum atomic E-state index is 0. The highest BCUT2D eigenvalue weighted by Gasteiger charge is 2.23. The van der Waals surface area contributed by atoms with Crippen LogP contribution in [0.4, 0.5) is 17.8 Å². The van der Waals surface area contributed by atoms with Gasteiger partial charge in [0.05, 0.1) is 39.6 Å². The van der Waals surface area contributed by atoms with Crippen molar-refractivity contribution in [2.45, 2.75) is 0 Å². The Kier molecular flexibility index (Phi) is 6.46. The lowest BCUT2D eigenvalue weighted by molar-refractivity contribution is 0.120. The highest BCUT2D eigenvalue weighted by molar-refractivity contribution is 5.85. The van der Waals surface area contributed by atoms with Gasteiger partial charge in [-0.25, -0.2) is 0 Å². The molecule has 3 saturated heterocycles. The van der Waals surface area contributed by atoms with E-state index >= 15 is 0 Å². The molecule has 0 N–H and O–H groups in total. The smallest absolute Gasteiger partial charge is 0.232 e. The molecule has 3 aliphatic heterocycles. The first-order valence-electron chi connectivity index (χ1n) is 8.64. The summed E-state index contributed by atoms with van der Waals surface area (Å²) in [5.74, 6) is 2.24. The van der Waals surface area contributed by atoms with Crippen LogP contribution in [-0.4, -0.2) is 93.9 Å². The van der Waals surface area contributed by atoms with Crippen LogP contribution < -0.4 is 14.7 Å². The van der Waals surface area contributed by atoms with Gasteiger partial charge in [0.15, 0.2) is 0 Å². The maximum atomic E-state index is 5.45. The fourth-order valence-electron chi connectivity index (χ4n) is 3.06. The summed E-state index contributed by atoms with van der Waals surface area (Å²) in [5.41, 5.74) is 0. The molecule has 1 aromatic heterocycles. The zero-order chi connectivity index (χ0) is 16.2. The number of morpholine rings is 3. The number of halogens is 1. The van der Waals surface area contributed by atoms with Gasteiger partial charge in [-0.3, -0.25) is 0 Å². The summed E-state index contributed by atoms with van der Waals surface area (Å²) in [5, 5.41) is 0. The summed E-state index contributed by atoms with van der Waals surface area (Å²) in [6.07, 6.45) is 0. The third-order valence-corrected chi connectivity index (χ3v) is 4.48. The van der Waals surface area contributed by atoms with E-state index in [0.29, 0.717) is 39.6 Å². The lowest BCUT2D eigenvalue weighted by Crippen LogP contribution is -2.42. The van der Waals surface area contributed by atoms with Gasteiger partial charge in [0.2, 0.25) is 17.8 Å². The highest BCUT2D eigenvalue weighted by Crippen LogP contribution is 2.21. The van der Waals surface area contributed by atoms with E-state index in [0.717, 1.165) is 57.1 Å². The molecule has 25 heavy (non-hydrogen) atoms. The molecule has 0 radical (unpaired) electrons. The van der Waals surface area contributed by atoms with Crippen LogP contribution in [0.15, 0.2) is 0 Å². The van der Waals surface area contributed by atoms with E-state index < -0.39 is 0 Å². The third-order valence-electron chi connectivity index (χ3n) is 4.48. The Hall–Kier alpha value is -1.42. The van der Waals surface area contributed by atoms with Crippen molar-refractivity contribution in [3.63, 3.8) is 0 Å². The molecule has 1 aromatic rings. The van der Waals surface area contributed by atoms with Crippen LogP contribution in [0, 0.1) is 0 Å². The number of hydrogen-bond acceptors (Lipinski definition) is 9. The van der Waals surface area contributed by atoms with Crippen molar-refractivity contribution in [2.24, 2.45) is 0 Å². The zero-order valence-corrected chi connectivity index (χ0v) is 15.1. The number of hydrogen-bond donors (Lipinski definition) is 0. The van der Waals surface area contributed by atoms with E-state index in [2.05, 4.69) is 14.7 Å². The van der Waals surface area contributed by atoms with Gasteiger partial charge in [-0.1, -0.05) is 0 Å². The Morgan fingerprint density at radius 1 is 0.480 bits per heavy atom. The SMILES string of the molecule is C1CN(c2nc(N3CCOCC3)nc(N3CCOCC3)n2)CCO1.Cl. The Morgan fingerprint density at radius 3 is 0.960 bits per heavy atom. The first-order chi connectivity index (χ1) is 11.9. The van der Waals surface area contributed by atoms with Crippen LogP contribution in [0.3, 0.4) is 0 Å². The first kappa shape index (κ1) is 18.4. The van der Waals surface area contributed by atoms with Crippen LogP contribution >= 0.6 is 12.4 Å². The maximum absolute atomic E-state index is 5.45. The molecule has 4 rings (SSSR count). The lowest BCUT2D eigenvalue weighted by Gasteiger charge is -2.32. The molecule has 0 spiro atoms. The van der Waals surface area contributed by atoms with Crippen molar-refractivity contribution in [2.75, 3.05) is 93.6 Å². The predicted octanol–water partition coefficient (Wildman–Crippen LogP) is -0.197. The molecule has 0 unspecified atom stereocenters. The van der Waals surface area contributed by atoms with Crippen molar-refractivity contribution in [1.29, 1.82) is 0 Å². The van der Waals surface area contributed by atoms with Crippen molar-refractivity contribution < 1.29 is 14.2 Å². The van der Waals surface area contributed by atoms with Gasteiger partial charge < -0.3 is 28.9 Å². The monoisotopic (exact) mass is 372 g/mol. The normalized spacial score (nSPS) is 21.8. The molecule has 0 aliphatic carbocycles. The van der Waals surface area contributed by atoms with Crippen LogP contribution in [0.1, 0.15) is 0 Å². The van der Waals surface area contributed by atoms with Crippen LogP contribution in [0.2, 0.25) is 0 Å². The van der Waals surface area contributed by atoms with E-state index in [9.17, 15) is 0 Å². The van der Waals surface area contributed by atoms with Gasteiger partial charge in [0, 0.05) is 39.3 Å². The number of rotatable bonds is 3. The van der Waals surface area contributed by atoms with Crippen molar-refractivity contribution in [3.8, 4) is 0 Å². The highest BCUT2D eigenvalue weighted by atomic mass is 35.5. The fraction of sp³-hybridized carbons (Fsp3) is 0.800. The molecule has 9 nitrogen and oxygen atoms in total. The number of anilines is 3. The van der Waals surface area contributed by atoms with Crippen LogP contribution in [-0.2, 0) is 14.2 Å². The molecule has 140 valence electrons. The Balaban J connectivity index is 0.00000182. The summed E-state index contributed by atoms with van der Waals surface area (Å²) in [6, 6.07) is 0. The molecule has 4 heterocycles. The largest absolute Gasteiger partial charge is 0.378 e. The van der Waals surface area contributed by atoms with E-state index in [4.69, 9.17) is 29.2 Å². The summed E-state index contributed by atoms with van der Waals surface area (Å²) in [6.45, 7) is 9.17. The quantitative estimate of drug-likeness (QED) is 0.717. The minimum absolute atomic E-state index is 0. The van der Waals surface area contributed by atoms with E-state index in [-0.39, 0.29) is 12.4 Å². The third kappa shape index (κ3) is 4.41. The predicted molar refractivity (Wildman–Crippen MR) is 96.2 cm³/mol. The first-order valence-corrected chi connectivity index (χ1v) is 8.64. The van der Waals surface area contributed by atoms with Crippen molar-refractivity contribution in [3.05, 3.63) is 0 Å². The number of nitrogens with zero attached hydrogens (tertiary/aromatic N) is 6. The minimum Gasteiger partial charge on any atom is -0.378 e. The molecular weight excluding hydrogens is 348 g/mol. The Bertz CT molecular complexity index is 460. The zero-order valence-electron chi connectivity index (χ0n) is 14.3. The Morgan fingerprint density at radius 2 is 0.720 bits per heavy atom. The summed E-state index contributed by atoms with van der Waals surface area (Å²) in [4.78, 5) is 20.7. The van der Waals surface area contributed by atoms with Gasteiger partial charge >= 0.3 is 0 Å². The molecule has 0 atom stereocenters. The van der Waals surface area contributed by atoms with Crippen LogP contribution in [0.25, 0.3) is 0 Å². The summed E-state index contributed by atoms with van der Waals surface area (Å²) < 4.78 is 16.3. The van der Waals surface area contributed by atoms with E-state index in [1.165, 1.54) is 0 Å². The molecular formula is C15H25ClN6O3. The molecule has 0 aromatic carbocycles. The second-order valence-corrected chi connectivity index (χ2v) is 6.03. The standard InChI is InChI=1S/C15H24N6O3.ClH/c1-7-22-8-2-19(1)13-16-14(20-3-9-23-10-4-20)18-15(17-13)21-5-11-24-12-6-21;/h1-12H2;1H. The second-order valence-electron chi connectivity index (χ2n) is 6.03. The molecule has 3 fully saturated rings. The molecule has 3 aliphatic rings. The van der Waals surface area contributed by atoms with E-state index in [1.807, 2.05) is 0 Å².